The highest BCUT2D eigenvalue weighted by molar-refractivity contribution is 7.99. The molecule has 9 heteroatoms. The summed E-state index contributed by atoms with van der Waals surface area (Å²) in [5.41, 5.74) is 0.394. The number of carbonyl (C=O) groups excluding carboxylic acids is 1. The van der Waals surface area contributed by atoms with Crippen molar-refractivity contribution in [2.24, 2.45) is 0 Å². The lowest BCUT2D eigenvalue weighted by Gasteiger charge is -2.20. The topological polar surface area (TPSA) is 91.2 Å². The van der Waals surface area contributed by atoms with Gasteiger partial charge in [-0.1, -0.05) is 11.8 Å². The van der Waals surface area contributed by atoms with Crippen LogP contribution in [0.3, 0.4) is 0 Å². The standard InChI is InChI=1S/C15H21N5O3S/c1-15(2,3)16-13(21)9-24-14-17-18-19-20(14)11-7-6-10(22-4)8-12(11)23-5/h6-8H,9H2,1-5H3,(H,16,21). The summed E-state index contributed by atoms with van der Waals surface area (Å²) in [7, 11) is 3.15. The average Bonchev–Trinajstić information content (AvgIpc) is 2.98. The number of aromatic nitrogens is 4. The fourth-order valence-corrected chi connectivity index (χ4v) is 2.65. The number of carbonyl (C=O) groups is 1. The summed E-state index contributed by atoms with van der Waals surface area (Å²) < 4.78 is 12.1. The molecule has 0 atom stereocenters. The summed E-state index contributed by atoms with van der Waals surface area (Å²) in [5, 5.41) is 15.1. The van der Waals surface area contributed by atoms with E-state index in [9.17, 15) is 4.79 Å². The third-order valence-corrected chi connectivity index (χ3v) is 3.82. The normalized spacial score (nSPS) is 11.2. The second-order valence-corrected chi connectivity index (χ2v) is 6.94. The first-order chi connectivity index (χ1) is 11.3. The fourth-order valence-electron chi connectivity index (χ4n) is 1.96. The summed E-state index contributed by atoms with van der Waals surface area (Å²) in [6.45, 7) is 5.80. The maximum Gasteiger partial charge on any atom is 0.230 e. The predicted octanol–water partition coefficient (Wildman–Crippen LogP) is 1.69. The maximum absolute atomic E-state index is 12.0. The Balaban J connectivity index is 2.17. The zero-order chi connectivity index (χ0) is 17.7. The van der Waals surface area contributed by atoms with Gasteiger partial charge in [-0.2, -0.15) is 4.68 Å². The molecular weight excluding hydrogens is 330 g/mol. The Bertz CT molecular complexity index is 711. The van der Waals surface area contributed by atoms with E-state index in [4.69, 9.17) is 9.47 Å². The van der Waals surface area contributed by atoms with Crippen LogP contribution in [0.1, 0.15) is 20.8 Å². The Morgan fingerprint density at radius 3 is 2.67 bits per heavy atom. The number of amides is 1. The molecule has 0 aliphatic carbocycles. The lowest BCUT2D eigenvalue weighted by molar-refractivity contribution is -0.119. The molecule has 130 valence electrons. The van der Waals surface area contributed by atoms with Gasteiger partial charge in [0.15, 0.2) is 0 Å². The van der Waals surface area contributed by atoms with Gasteiger partial charge in [0, 0.05) is 11.6 Å². The Morgan fingerprint density at radius 1 is 1.29 bits per heavy atom. The van der Waals surface area contributed by atoms with Gasteiger partial charge in [0.1, 0.15) is 17.2 Å². The van der Waals surface area contributed by atoms with Crippen LogP contribution in [0.2, 0.25) is 0 Å². The van der Waals surface area contributed by atoms with Crippen molar-refractivity contribution in [3.8, 4) is 17.2 Å². The Kier molecular flexibility index (Phi) is 5.66. The van der Waals surface area contributed by atoms with Crippen molar-refractivity contribution in [3.63, 3.8) is 0 Å². The fraction of sp³-hybridized carbons (Fsp3) is 0.467. The average molecular weight is 351 g/mol. The number of benzene rings is 1. The van der Waals surface area contributed by atoms with E-state index in [2.05, 4.69) is 20.8 Å². The largest absolute Gasteiger partial charge is 0.497 e. The van der Waals surface area contributed by atoms with Gasteiger partial charge in [-0.05, 0) is 43.3 Å². The minimum atomic E-state index is -0.275. The molecule has 0 spiro atoms. The van der Waals surface area contributed by atoms with E-state index in [1.807, 2.05) is 20.8 Å². The first-order valence-electron chi connectivity index (χ1n) is 7.28. The van der Waals surface area contributed by atoms with Gasteiger partial charge in [-0.3, -0.25) is 4.79 Å². The van der Waals surface area contributed by atoms with Crippen LogP contribution in [0, 0.1) is 0 Å². The summed E-state index contributed by atoms with van der Waals surface area (Å²) in [6.07, 6.45) is 0. The summed E-state index contributed by atoms with van der Waals surface area (Å²) in [4.78, 5) is 12.0. The van der Waals surface area contributed by atoms with Gasteiger partial charge in [0.25, 0.3) is 0 Å². The number of nitrogens with one attached hydrogen (secondary N) is 1. The molecule has 24 heavy (non-hydrogen) atoms. The van der Waals surface area contributed by atoms with Gasteiger partial charge in [-0.15, -0.1) is 5.10 Å². The summed E-state index contributed by atoms with van der Waals surface area (Å²) in [5.74, 6) is 1.38. The van der Waals surface area contributed by atoms with Crippen LogP contribution in [0.5, 0.6) is 11.5 Å². The molecule has 0 saturated carbocycles. The van der Waals surface area contributed by atoms with Crippen molar-refractivity contribution in [1.29, 1.82) is 0 Å². The number of ether oxygens (including phenoxy) is 2. The molecule has 0 aliphatic rings. The first-order valence-corrected chi connectivity index (χ1v) is 8.27. The van der Waals surface area contributed by atoms with Crippen LogP contribution < -0.4 is 14.8 Å². The molecule has 0 fully saturated rings. The van der Waals surface area contributed by atoms with E-state index >= 15 is 0 Å². The number of methoxy groups -OCH3 is 2. The summed E-state index contributed by atoms with van der Waals surface area (Å²) in [6, 6.07) is 5.34. The molecule has 8 nitrogen and oxygen atoms in total. The van der Waals surface area contributed by atoms with E-state index < -0.39 is 0 Å². The molecule has 0 unspecified atom stereocenters. The van der Waals surface area contributed by atoms with Crippen LogP contribution in [-0.2, 0) is 4.79 Å². The minimum Gasteiger partial charge on any atom is -0.497 e. The molecule has 2 rings (SSSR count). The molecule has 1 amide bonds. The van der Waals surface area contributed by atoms with Gasteiger partial charge in [0.05, 0.1) is 20.0 Å². The highest BCUT2D eigenvalue weighted by atomic mass is 32.2. The van der Waals surface area contributed by atoms with Gasteiger partial charge < -0.3 is 14.8 Å². The molecule has 0 bridgehead atoms. The van der Waals surface area contributed by atoms with Crippen LogP contribution >= 0.6 is 11.8 Å². The third-order valence-electron chi connectivity index (χ3n) is 2.90. The number of hydrogen-bond acceptors (Lipinski definition) is 7. The van der Waals surface area contributed by atoms with Crippen LogP contribution in [0.4, 0.5) is 0 Å². The van der Waals surface area contributed by atoms with E-state index in [0.717, 1.165) is 0 Å². The van der Waals surface area contributed by atoms with Crippen LogP contribution in [-0.4, -0.2) is 51.6 Å². The minimum absolute atomic E-state index is 0.0799. The van der Waals surface area contributed by atoms with E-state index in [0.29, 0.717) is 22.3 Å². The number of rotatable bonds is 6. The second kappa shape index (κ2) is 7.52. The molecule has 1 heterocycles. The third kappa shape index (κ3) is 4.60. The molecule has 0 saturated heterocycles. The number of thioether (sulfide) groups is 1. The van der Waals surface area contributed by atoms with Crippen LogP contribution in [0.15, 0.2) is 23.4 Å². The zero-order valence-electron chi connectivity index (χ0n) is 14.4. The van der Waals surface area contributed by atoms with Gasteiger partial charge >= 0.3 is 0 Å². The molecule has 1 aromatic carbocycles. The maximum atomic E-state index is 12.0. The SMILES string of the molecule is COc1ccc(-n2nnnc2SCC(=O)NC(C)(C)C)c(OC)c1. The number of tetrazole rings is 1. The molecule has 0 radical (unpaired) electrons. The second-order valence-electron chi connectivity index (χ2n) is 6.00. The monoisotopic (exact) mass is 351 g/mol. The molecular formula is C15H21N5O3S. The van der Waals surface area contributed by atoms with Gasteiger partial charge in [-0.25, -0.2) is 0 Å². The van der Waals surface area contributed by atoms with Crippen molar-refractivity contribution in [3.05, 3.63) is 18.2 Å². The predicted molar refractivity (Wildman–Crippen MR) is 90.9 cm³/mol. The smallest absolute Gasteiger partial charge is 0.230 e. The highest BCUT2D eigenvalue weighted by Crippen LogP contribution is 2.29. The van der Waals surface area contributed by atoms with Crippen molar-refractivity contribution in [2.45, 2.75) is 31.5 Å². The summed E-state index contributed by atoms with van der Waals surface area (Å²) >= 11 is 1.25. The van der Waals surface area contributed by atoms with E-state index in [1.165, 1.54) is 16.4 Å². The van der Waals surface area contributed by atoms with Gasteiger partial charge in [0.2, 0.25) is 11.1 Å². The quantitative estimate of drug-likeness (QED) is 0.792. The van der Waals surface area contributed by atoms with Crippen LogP contribution in [0.25, 0.3) is 5.69 Å². The number of nitrogens with zero attached hydrogens (tertiary/aromatic N) is 4. The lowest BCUT2D eigenvalue weighted by atomic mass is 10.1. The molecule has 0 aliphatic heterocycles. The van der Waals surface area contributed by atoms with Crippen molar-refractivity contribution in [1.82, 2.24) is 25.5 Å². The molecule has 2 aromatic rings. The van der Waals surface area contributed by atoms with Crippen molar-refractivity contribution in [2.75, 3.05) is 20.0 Å². The van der Waals surface area contributed by atoms with E-state index in [1.54, 1.807) is 32.4 Å². The lowest BCUT2D eigenvalue weighted by Crippen LogP contribution is -2.41. The van der Waals surface area contributed by atoms with Crippen molar-refractivity contribution < 1.29 is 14.3 Å². The Labute approximate surface area is 144 Å². The van der Waals surface area contributed by atoms with E-state index in [-0.39, 0.29) is 17.2 Å². The molecule has 1 N–H and O–H groups in total. The Hall–Kier alpha value is -2.29. The Morgan fingerprint density at radius 2 is 2.04 bits per heavy atom. The van der Waals surface area contributed by atoms with Crippen molar-refractivity contribution >= 4 is 17.7 Å². The molecule has 1 aromatic heterocycles. The zero-order valence-corrected chi connectivity index (χ0v) is 15.2. The first kappa shape index (κ1) is 18.1. The number of hydrogen-bond donors (Lipinski definition) is 1. The highest BCUT2D eigenvalue weighted by Gasteiger charge is 2.18.